The number of rotatable bonds is 4. The van der Waals surface area contributed by atoms with E-state index in [0.29, 0.717) is 0 Å². The monoisotopic (exact) mass is 243 g/mol. The van der Waals surface area contributed by atoms with Gasteiger partial charge in [0.1, 0.15) is 5.82 Å². The van der Waals surface area contributed by atoms with Crippen LogP contribution in [-0.4, -0.2) is 6.04 Å². The first-order chi connectivity index (χ1) is 8.65. The molecule has 2 aromatic carbocycles. The lowest BCUT2D eigenvalue weighted by atomic mass is 10.1. The van der Waals surface area contributed by atoms with Crippen molar-refractivity contribution in [1.82, 2.24) is 0 Å². The molecule has 0 heterocycles. The van der Waals surface area contributed by atoms with Gasteiger partial charge >= 0.3 is 0 Å². The molecule has 2 rings (SSSR count). The van der Waals surface area contributed by atoms with E-state index in [2.05, 4.69) is 24.4 Å². The molecular weight excluding hydrogens is 225 g/mol. The highest BCUT2D eigenvalue weighted by molar-refractivity contribution is 5.51. The molecule has 1 N–H and O–H groups in total. The third-order valence-electron chi connectivity index (χ3n) is 2.99. The fraction of sp³-hybridized carbons (Fsp3) is 0.250. The third kappa shape index (κ3) is 3.33. The third-order valence-corrected chi connectivity index (χ3v) is 2.99. The fourth-order valence-electron chi connectivity index (χ4n) is 2.03. The summed E-state index contributed by atoms with van der Waals surface area (Å²) >= 11 is 0. The Bertz CT molecular complexity index is 508. The topological polar surface area (TPSA) is 12.0 Å². The van der Waals surface area contributed by atoms with Crippen LogP contribution in [0.2, 0.25) is 0 Å². The number of nitrogens with one attached hydrogen (secondary N) is 1. The predicted molar refractivity (Wildman–Crippen MR) is 74.4 cm³/mol. The van der Waals surface area contributed by atoms with Gasteiger partial charge in [-0.2, -0.15) is 0 Å². The zero-order chi connectivity index (χ0) is 13.0. The van der Waals surface area contributed by atoms with Crippen LogP contribution in [0.5, 0.6) is 0 Å². The maximum Gasteiger partial charge on any atom is 0.125 e. The molecule has 1 nitrogen and oxygen atoms in total. The maximum atomic E-state index is 13.2. The van der Waals surface area contributed by atoms with Crippen molar-refractivity contribution in [3.63, 3.8) is 0 Å². The van der Waals surface area contributed by atoms with Crippen LogP contribution in [0.15, 0.2) is 48.5 Å². The smallest absolute Gasteiger partial charge is 0.125 e. The molecule has 0 aliphatic carbocycles. The Morgan fingerprint density at radius 1 is 1.11 bits per heavy atom. The van der Waals surface area contributed by atoms with Crippen LogP contribution in [0.1, 0.15) is 18.1 Å². The lowest BCUT2D eigenvalue weighted by Gasteiger charge is -2.17. The molecule has 0 saturated heterocycles. The summed E-state index contributed by atoms with van der Waals surface area (Å²) in [7, 11) is 0. The van der Waals surface area contributed by atoms with E-state index in [1.165, 1.54) is 11.6 Å². The summed E-state index contributed by atoms with van der Waals surface area (Å²) in [6, 6.07) is 15.4. The summed E-state index contributed by atoms with van der Waals surface area (Å²) in [6.07, 6.45) is 0.927. The van der Waals surface area contributed by atoms with E-state index >= 15 is 0 Å². The lowest BCUT2D eigenvalue weighted by Crippen LogP contribution is -2.18. The Labute approximate surface area is 108 Å². The van der Waals surface area contributed by atoms with Crippen molar-refractivity contribution >= 4 is 5.69 Å². The number of aryl methyl sites for hydroxylation is 1. The Morgan fingerprint density at radius 3 is 2.56 bits per heavy atom. The predicted octanol–water partition coefficient (Wildman–Crippen LogP) is 4.18. The highest BCUT2D eigenvalue weighted by Gasteiger charge is 2.06. The maximum absolute atomic E-state index is 13.2. The summed E-state index contributed by atoms with van der Waals surface area (Å²) < 4.78 is 13.2. The minimum absolute atomic E-state index is 0.199. The molecule has 0 saturated carbocycles. The molecule has 0 aromatic heterocycles. The van der Waals surface area contributed by atoms with E-state index in [1.807, 2.05) is 25.1 Å². The average Bonchev–Trinajstić information content (AvgIpc) is 2.35. The molecule has 0 radical (unpaired) electrons. The first-order valence-electron chi connectivity index (χ1n) is 6.22. The molecule has 94 valence electrons. The van der Waals surface area contributed by atoms with Gasteiger partial charge in [0, 0.05) is 11.7 Å². The number of hydrogen-bond donors (Lipinski definition) is 1. The lowest BCUT2D eigenvalue weighted by molar-refractivity contribution is 0.627. The van der Waals surface area contributed by atoms with Gasteiger partial charge in [0.25, 0.3) is 0 Å². The van der Waals surface area contributed by atoms with Gasteiger partial charge in [-0.05, 0) is 43.5 Å². The second-order valence-corrected chi connectivity index (χ2v) is 4.69. The Balaban J connectivity index is 2.03. The second kappa shape index (κ2) is 5.67. The van der Waals surface area contributed by atoms with Gasteiger partial charge in [-0.25, -0.2) is 4.39 Å². The molecule has 18 heavy (non-hydrogen) atoms. The minimum Gasteiger partial charge on any atom is -0.382 e. The Kier molecular flexibility index (Phi) is 3.98. The van der Waals surface area contributed by atoms with Crippen molar-refractivity contribution in [2.24, 2.45) is 0 Å². The highest BCUT2D eigenvalue weighted by Crippen LogP contribution is 2.18. The molecule has 0 aliphatic heterocycles. The molecule has 0 bridgehead atoms. The van der Waals surface area contributed by atoms with Crippen LogP contribution >= 0.6 is 0 Å². The highest BCUT2D eigenvalue weighted by atomic mass is 19.1. The minimum atomic E-state index is -0.199. The van der Waals surface area contributed by atoms with E-state index in [1.54, 1.807) is 12.1 Å². The molecule has 1 atom stereocenters. The van der Waals surface area contributed by atoms with Crippen molar-refractivity contribution in [3.05, 3.63) is 65.5 Å². The van der Waals surface area contributed by atoms with Crippen LogP contribution in [0.3, 0.4) is 0 Å². The van der Waals surface area contributed by atoms with Gasteiger partial charge in [-0.3, -0.25) is 0 Å². The van der Waals surface area contributed by atoms with Crippen LogP contribution < -0.4 is 5.32 Å². The normalized spacial score (nSPS) is 12.2. The van der Waals surface area contributed by atoms with Crippen LogP contribution in [0.25, 0.3) is 0 Å². The van der Waals surface area contributed by atoms with Crippen molar-refractivity contribution in [2.75, 3.05) is 5.32 Å². The average molecular weight is 243 g/mol. The van der Waals surface area contributed by atoms with E-state index in [4.69, 9.17) is 0 Å². The molecule has 2 heteroatoms. The largest absolute Gasteiger partial charge is 0.382 e. The van der Waals surface area contributed by atoms with Gasteiger partial charge in [-0.1, -0.05) is 36.4 Å². The second-order valence-electron chi connectivity index (χ2n) is 4.69. The van der Waals surface area contributed by atoms with Crippen molar-refractivity contribution < 1.29 is 4.39 Å². The van der Waals surface area contributed by atoms with Crippen LogP contribution in [0.4, 0.5) is 10.1 Å². The van der Waals surface area contributed by atoms with E-state index in [9.17, 15) is 4.39 Å². The van der Waals surface area contributed by atoms with Crippen molar-refractivity contribution in [2.45, 2.75) is 26.3 Å². The summed E-state index contributed by atoms with van der Waals surface area (Å²) in [5.41, 5.74) is 3.22. The fourth-order valence-corrected chi connectivity index (χ4v) is 2.03. The van der Waals surface area contributed by atoms with Gasteiger partial charge in [-0.15, -0.1) is 0 Å². The number of anilines is 1. The summed E-state index contributed by atoms with van der Waals surface area (Å²) in [5, 5.41) is 3.36. The summed E-state index contributed by atoms with van der Waals surface area (Å²) in [4.78, 5) is 0. The zero-order valence-electron chi connectivity index (χ0n) is 10.8. The molecule has 1 unspecified atom stereocenters. The van der Waals surface area contributed by atoms with Crippen molar-refractivity contribution in [3.8, 4) is 0 Å². The quantitative estimate of drug-likeness (QED) is 0.849. The first-order valence-corrected chi connectivity index (χ1v) is 6.22. The number of hydrogen-bond acceptors (Lipinski definition) is 1. The van der Waals surface area contributed by atoms with Crippen LogP contribution in [0, 0.1) is 12.7 Å². The van der Waals surface area contributed by atoms with Gasteiger partial charge in [0.2, 0.25) is 0 Å². The first kappa shape index (κ1) is 12.6. The molecule has 2 aromatic rings. The van der Waals surface area contributed by atoms with Gasteiger partial charge in [0.15, 0.2) is 0 Å². The van der Waals surface area contributed by atoms with E-state index < -0.39 is 0 Å². The zero-order valence-corrected chi connectivity index (χ0v) is 10.8. The molecule has 0 aliphatic rings. The molecule has 0 amide bonds. The SMILES string of the molecule is Cc1ccc(F)cc1NC(C)Cc1ccccc1. The molecule has 0 spiro atoms. The van der Waals surface area contributed by atoms with E-state index in [-0.39, 0.29) is 11.9 Å². The van der Waals surface area contributed by atoms with Crippen LogP contribution in [-0.2, 0) is 6.42 Å². The standard InChI is InChI=1S/C16H18FN/c1-12-8-9-15(17)11-16(12)18-13(2)10-14-6-4-3-5-7-14/h3-9,11,13,18H,10H2,1-2H3. The molecular formula is C16H18FN. The van der Waals surface area contributed by atoms with Crippen molar-refractivity contribution in [1.29, 1.82) is 0 Å². The Hall–Kier alpha value is -1.83. The number of benzene rings is 2. The number of halogens is 1. The van der Waals surface area contributed by atoms with Gasteiger partial charge < -0.3 is 5.32 Å². The Morgan fingerprint density at radius 2 is 1.83 bits per heavy atom. The molecule has 0 fully saturated rings. The summed E-state index contributed by atoms with van der Waals surface area (Å²) in [5.74, 6) is -0.199. The van der Waals surface area contributed by atoms with Gasteiger partial charge in [0.05, 0.1) is 0 Å². The van der Waals surface area contributed by atoms with E-state index in [0.717, 1.165) is 17.7 Å². The summed E-state index contributed by atoms with van der Waals surface area (Å²) in [6.45, 7) is 4.09.